The summed E-state index contributed by atoms with van der Waals surface area (Å²) in [5.41, 5.74) is 3.71. The Balaban J connectivity index is 2.13. The lowest BCUT2D eigenvalue weighted by Crippen LogP contribution is -2.38. The Bertz CT molecular complexity index is 723. The van der Waals surface area contributed by atoms with Crippen LogP contribution in [0.25, 0.3) is 0 Å². The third-order valence-corrected chi connectivity index (χ3v) is 5.34. The lowest BCUT2D eigenvalue weighted by molar-refractivity contribution is -0.137. The van der Waals surface area contributed by atoms with Crippen LogP contribution < -0.4 is 0 Å². The molecule has 0 fully saturated rings. The van der Waals surface area contributed by atoms with Gasteiger partial charge in [-0.3, -0.25) is 4.79 Å². The van der Waals surface area contributed by atoms with Crippen molar-refractivity contribution in [2.45, 2.75) is 59.5 Å². The molecule has 0 radical (unpaired) electrons. The van der Waals surface area contributed by atoms with Gasteiger partial charge in [-0.2, -0.15) is 0 Å². The number of hydrogen-bond donors (Lipinski definition) is 0. The standard InChI is InChI=1S/C24H36N2O2/c1-5-7-12-22(6-2)24(27)26(15-16-28-4)19-23-13-9-14-25(23)18-21-11-8-10-20(3)17-21/h8-11,13-14,17,22H,5-7,12,15-16,18-19H2,1-4H3/t22-/m1/s1. The Labute approximate surface area is 170 Å². The summed E-state index contributed by atoms with van der Waals surface area (Å²) in [6.45, 7) is 9.06. The van der Waals surface area contributed by atoms with Crippen LogP contribution in [-0.2, 0) is 22.6 Å². The summed E-state index contributed by atoms with van der Waals surface area (Å²) >= 11 is 0. The van der Waals surface area contributed by atoms with E-state index in [0.29, 0.717) is 19.7 Å². The lowest BCUT2D eigenvalue weighted by atomic mass is 9.97. The molecule has 1 heterocycles. The van der Waals surface area contributed by atoms with Crippen molar-refractivity contribution in [2.75, 3.05) is 20.3 Å². The van der Waals surface area contributed by atoms with Crippen LogP contribution in [0.5, 0.6) is 0 Å². The number of carbonyl (C=O) groups is 1. The Morgan fingerprint density at radius 2 is 2.04 bits per heavy atom. The third-order valence-electron chi connectivity index (χ3n) is 5.34. The van der Waals surface area contributed by atoms with Crippen molar-refractivity contribution in [3.8, 4) is 0 Å². The summed E-state index contributed by atoms with van der Waals surface area (Å²) in [6, 6.07) is 12.8. The molecule has 0 saturated heterocycles. The zero-order valence-electron chi connectivity index (χ0n) is 18.0. The zero-order valence-corrected chi connectivity index (χ0v) is 18.0. The minimum Gasteiger partial charge on any atom is -0.383 e. The summed E-state index contributed by atoms with van der Waals surface area (Å²) in [4.78, 5) is 15.2. The Kier molecular flexibility index (Phi) is 9.29. The van der Waals surface area contributed by atoms with Crippen molar-refractivity contribution < 1.29 is 9.53 Å². The summed E-state index contributed by atoms with van der Waals surface area (Å²) in [5, 5.41) is 0. The molecule has 1 aromatic heterocycles. The molecule has 0 aliphatic heterocycles. The van der Waals surface area contributed by atoms with Crippen molar-refractivity contribution in [3.05, 3.63) is 59.4 Å². The molecule has 0 aliphatic carbocycles. The highest BCUT2D eigenvalue weighted by Gasteiger charge is 2.23. The van der Waals surface area contributed by atoms with Crippen LogP contribution in [0.3, 0.4) is 0 Å². The van der Waals surface area contributed by atoms with E-state index in [9.17, 15) is 4.79 Å². The topological polar surface area (TPSA) is 34.5 Å². The van der Waals surface area contributed by atoms with Crippen molar-refractivity contribution >= 4 is 5.91 Å². The van der Waals surface area contributed by atoms with Crippen molar-refractivity contribution in [1.29, 1.82) is 0 Å². The number of nitrogens with zero attached hydrogens (tertiary/aromatic N) is 2. The average Bonchev–Trinajstić information content (AvgIpc) is 3.12. The maximum atomic E-state index is 13.2. The molecule has 0 bridgehead atoms. The van der Waals surface area contributed by atoms with E-state index < -0.39 is 0 Å². The molecule has 4 nitrogen and oxygen atoms in total. The number of aryl methyl sites for hydroxylation is 1. The molecule has 0 unspecified atom stereocenters. The number of benzene rings is 1. The molecular weight excluding hydrogens is 348 g/mol. The van der Waals surface area contributed by atoms with Gasteiger partial charge in [0.05, 0.1) is 13.2 Å². The number of aromatic nitrogens is 1. The maximum Gasteiger partial charge on any atom is 0.226 e. The molecule has 2 rings (SSSR count). The monoisotopic (exact) mass is 384 g/mol. The van der Waals surface area contributed by atoms with Gasteiger partial charge in [0, 0.05) is 38.0 Å². The van der Waals surface area contributed by atoms with E-state index in [1.165, 1.54) is 11.1 Å². The van der Waals surface area contributed by atoms with Gasteiger partial charge < -0.3 is 14.2 Å². The summed E-state index contributed by atoms with van der Waals surface area (Å²) in [7, 11) is 1.69. The first kappa shape index (κ1) is 22.2. The number of methoxy groups -OCH3 is 1. The van der Waals surface area contributed by atoms with Gasteiger partial charge in [0.15, 0.2) is 0 Å². The predicted octanol–water partition coefficient (Wildman–Crippen LogP) is 5.04. The zero-order chi connectivity index (χ0) is 20.4. The normalized spacial score (nSPS) is 12.1. The third kappa shape index (κ3) is 6.52. The number of ether oxygens (including phenoxy) is 1. The molecule has 0 N–H and O–H groups in total. The van der Waals surface area contributed by atoms with E-state index >= 15 is 0 Å². The Morgan fingerprint density at radius 1 is 1.21 bits per heavy atom. The second-order valence-corrected chi connectivity index (χ2v) is 7.62. The maximum absolute atomic E-state index is 13.2. The molecule has 28 heavy (non-hydrogen) atoms. The molecular formula is C24H36N2O2. The van der Waals surface area contributed by atoms with Crippen molar-refractivity contribution in [1.82, 2.24) is 9.47 Å². The van der Waals surface area contributed by atoms with Gasteiger partial charge in [-0.1, -0.05) is 56.5 Å². The van der Waals surface area contributed by atoms with Crippen LogP contribution in [0.2, 0.25) is 0 Å². The van der Waals surface area contributed by atoms with E-state index in [1.807, 2.05) is 4.90 Å². The highest BCUT2D eigenvalue weighted by Crippen LogP contribution is 2.19. The second kappa shape index (κ2) is 11.7. The van der Waals surface area contributed by atoms with E-state index in [4.69, 9.17) is 4.74 Å². The molecule has 154 valence electrons. The van der Waals surface area contributed by atoms with Crippen LogP contribution in [0, 0.1) is 12.8 Å². The first-order valence-corrected chi connectivity index (χ1v) is 10.6. The quantitative estimate of drug-likeness (QED) is 0.514. The first-order valence-electron chi connectivity index (χ1n) is 10.6. The minimum atomic E-state index is 0.108. The van der Waals surface area contributed by atoms with Gasteiger partial charge in [-0.05, 0) is 37.5 Å². The molecule has 0 spiro atoms. The number of amides is 1. The fraction of sp³-hybridized carbons (Fsp3) is 0.542. The van der Waals surface area contributed by atoms with Crippen LogP contribution in [0.4, 0.5) is 0 Å². The molecule has 1 atom stereocenters. The largest absolute Gasteiger partial charge is 0.383 e. The molecule has 2 aromatic rings. The molecule has 1 aromatic carbocycles. The van der Waals surface area contributed by atoms with Crippen LogP contribution in [0.15, 0.2) is 42.6 Å². The summed E-state index contributed by atoms with van der Waals surface area (Å²) < 4.78 is 7.52. The van der Waals surface area contributed by atoms with Crippen LogP contribution in [-0.4, -0.2) is 35.6 Å². The molecule has 1 amide bonds. The predicted molar refractivity (Wildman–Crippen MR) is 115 cm³/mol. The fourth-order valence-corrected chi connectivity index (χ4v) is 3.63. The number of unbranched alkanes of at least 4 members (excludes halogenated alkanes) is 1. The summed E-state index contributed by atoms with van der Waals surface area (Å²) in [5.74, 6) is 0.369. The van der Waals surface area contributed by atoms with Gasteiger partial charge >= 0.3 is 0 Å². The van der Waals surface area contributed by atoms with Crippen LogP contribution in [0.1, 0.15) is 56.4 Å². The molecule has 0 saturated carbocycles. The van der Waals surface area contributed by atoms with Crippen LogP contribution >= 0.6 is 0 Å². The van der Waals surface area contributed by atoms with E-state index in [2.05, 4.69) is 67.9 Å². The lowest BCUT2D eigenvalue weighted by Gasteiger charge is -2.27. The highest BCUT2D eigenvalue weighted by molar-refractivity contribution is 5.78. The first-order chi connectivity index (χ1) is 13.6. The average molecular weight is 385 g/mol. The smallest absolute Gasteiger partial charge is 0.226 e. The van der Waals surface area contributed by atoms with Gasteiger partial charge in [-0.15, -0.1) is 0 Å². The molecule has 0 aliphatic rings. The second-order valence-electron chi connectivity index (χ2n) is 7.62. The fourth-order valence-electron chi connectivity index (χ4n) is 3.63. The van der Waals surface area contributed by atoms with Crippen molar-refractivity contribution in [2.24, 2.45) is 5.92 Å². The van der Waals surface area contributed by atoms with Gasteiger partial charge in [0.2, 0.25) is 5.91 Å². The highest BCUT2D eigenvalue weighted by atomic mass is 16.5. The molecule has 4 heteroatoms. The van der Waals surface area contributed by atoms with Gasteiger partial charge in [0.25, 0.3) is 0 Å². The van der Waals surface area contributed by atoms with E-state index in [-0.39, 0.29) is 11.8 Å². The van der Waals surface area contributed by atoms with Crippen molar-refractivity contribution in [3.63, 3.8) is 0 Å². The SMILES string of the molecule is CCCC[C@@H](CC)C(=O)N(CCOC)Cc1cccn1Cc1cccc(C)c1. The van der Waals surface area contributed by atoms with Gasteiger partial charge in [-0.25, -0.2) is 0 Å². The van der Waals surface area contributed by atoms with Gasteiger partial charge in [0.1, 0.15) is 0 Å². The Morgan fingerprint density at radius 3 is 2.71 bits per heavy atom. The number of rotatable bonds is 12. The van der Waals surface area contributed by atoms with E-state index in [0.717, 1.165) is 37.9 Å². The summed E-state index contributed by atoms with van der Waals surface area (Å²) in [6.07, 6.45) is 6.20. The number of carbonyl (C=O) groups excluding carboxylic acids is 1. The minimum absolute atomic E-state index is 0.108. The van der Waals surface area contributed by atoms with E-state index in [1.54, 1.807) is 7.11 Å². The Hall–Kier alpha value is -2.07. The number of hydrogen-bond acceptors (Lipinski definition) is 2.